The Morgan fingerprint density at radius 3 is 2.95 bits per heavy atom. The van der Waals surface area contributed by atoms with Gasteiger partial charge in [0.25, 0.3) is 5.91 Å². The van der Waals surface area contributed by atoms with Gasteiger partial charge in [0.05, 0.1) is 6.33 Å². The molecule has 2 bridgehead atoms. The van der Waals surface area contributed by atoms with E-state index in [4.69, 9.17) is 0 Å². The summed E-state index contributed by atoms with van der Waals surface area (Å²) in [6.45, 7) is 0. The topological polar surface area (TPSA) is 58.4 Å². The summed E-state index contributed by atoms with van der Waals surface area (Å²) < 4.78 is 1.90. The largest absolute Gasteiger partial charge is 0.346 e. The fourth-order valence-corrected chi connectivity index (χ4v) is 3.29. The predicted molar refractivity (Wildman–Crippen MR) is 85.5 cm³/mol. The summed E-state index contributed by atoms with van der Waals surface area (Å²) in [5.41, 5.74) is 1.49. The zero-order valence-corrected chi connectivity index (χ0v) is 13.0. The zero-order chi connectivity index (χ0) is 12.8. The molecule has 2 saturated heterocycles. The standard InChI is InChI=1S/C14H16N4O.2ClH/c19-14(17-12-6-9-3-4-11(12)16-9)13-7-10-2-1-5-18(10)8-15-13;;/h1-2,5,7-9,11-12,16H,3-4,6H2,(H,17,19);2*1H/t9-,11+,12-;;/m1../s1. The Morgan fingerprint density at radius 2 is 2.24 bits per heavy atom. The van der Waals surface area contributed by atoms with E-state index in [1.807, 2.05) is 28.8 Å². The zero-order valence-electron chi connectivity index (χ0n) is 11.4. The molecule has 21 heavy (non-hydrogen) atoms. The van der Waals surface area contributed by atoms with Crippen LogP contribution in [0, 0.1) is 0 Å². The van der Waals surface area contributed by atoms with Gasteiger partial charge in [0, 0.05) is 29.8 Å². The molecule has 2 N–H and O–H groups in total. The van der Waals surface area contributed by atoms with E-state index in [0.29, 0.717) is 17.8 Å². The van der Waals surface area contributed by atoms with Crippen molar-refractivity contribution in [1.29, 1.82) is 0 Å². The number of carbonyl (C=O) groups is 1. The first kappa shape index (κ1) is 16.1. The molecule has 0 aliphatic carbocycles. The summed E-state index contributed by atoms with van der Waals surface area (Å²) in [6.07, 6.45) is 7.06. The van der Waals surface area contributed by atoms with Gasteiger partial charge < -0.3 is 15.0 Å². The number of nitrogens with zero attached hydrogens (tertiary/aromatic N) is 2. The average Bonchev–Trinajstić information content (AvgIpc) is 3.13. The summed E-state index contributed by atoms with van der Waals surface area (Å²) in [7, 11) is 0. The van der Waals surface area contributed by atoms with E-state index in [9.17, 15) is 4.79 Å². The van der Waals surface area contributed by atoms with Crippen LogP contribution in [0.5, 0.6) is 0 Å². The number of carbonyl (C=O) groups excluding carboxylic acids is 1. The van der Waals surface area contributed by atoms with Gasteiger partial charge in [0.2, 0.25) is 0 Å². The van der Waals surface area contributed by atoms with E-state index in [1.165, 1.54) is 12.8 Å². The van der Waals surface area contributed by atoms with Crippen LogP contribution in [0.2, 0.25) is 0 Å². The average molecular weight is 329 g/mol. The van der Waals surface area contributed by atoms with Crippen molar-refractivity contribution in [2.45, 2.75) is 37.4 Å². The van der Waals surface area contributed by atoms with E-state index in [0.717, 1.165) is 11.9 Å². The Morgan fingerprint density at radius 1 is 1.38 bits per heavy atom. The Labute approximate surface area is 135 Å². The highest BCUT2D eigenvalue weighted by molar-refractivity contribution is 5.93. The van der Waals surface area contributed by atoms with Crippen molar-refractivity contribution < 1.29 is 4.79 Å². The molecule has 0 spiro atoms. The lowest BCUT2D eigenvalue weighted by Crippen LogP contribution is -2.43. The Kier molecular flexibility index (Phi) is 4.76. The third kappa shape index (κ3) is 2.86. The highest BCUT2D eigenvalue weighted by Crippen LogP contribution is 2.28. The molecule has 1 amide bonds. The Hall–Kier alpha value is -1.30. The number of halogens is 2. The van der Waals surface area contributed by atoms with Crippen LogP contribution in [0.3, 0.4) is 0 Å². The molecule has 2 aromatic rings. The van der Waals surface area contributed by atoms with Crippen LogP contribution in [-0.4, -0.2) is 33.4 Å². The second-order valence-corrected chi connectivity index (χ2v) is 5.48. The van der Waals surface area contributed by atoms with Crippen molar-refractivity contribution in [3.8, 4) is 0 Å². The van der Waals surface area contributed by atoms with Crippen LogP contribution in [0.1, 0.15) is 29.8 Å². The van der Waals surface area contributed by atoms with Crippen LogP contribution in [0.15, 0.2) is 30.7 Å². The van der Waals surface area contributed by atoms with Crippen LogP contribution in [0.4, 0.5) is 0 Å². The van der Waals surface area contributed by atoms with Crippen molar-refractivity contribution in [1.82, 2.24) is 20.0 Å². The SMILES string of the molecule is Cl.Cl.O=C(N[C@@H]1C[C@H]2CC[C@@H]1N2)c1cc2cccn2cn1. The fourth-order valence-electron chi connectivity index (χ4n) is 3.29. The molecule has 114 valence electrons. The minimum atomic E-state index is -0.0666. The first-order valence-corrected chi connectivity index (χ1v) is 6.79. The Balaban J connectivity index is 0.000000807. The lowest BCUT2D eigenvalue weighted by atomic mass is 9.95. The smallest absolute Gasteiger partial charge is 0.270 e. The molecule has 0 aromatic carbocycles. The first-order valence-electron chi connectivity index (χ1n) is 6.79. The lowest BCUT2D eigenvalue weighted by molar-refractivity contribution is 0.0926. The van der Waals surface area contributed by atoms with E-state index < -0.39 is 0 Å². The van der Waals surface area contributed by atoms with Gasteiger partial charge in [-0.15, -0.1) is 24.8 Å². The molecule has 2 aliphatic rings. The molecule has 4 rings (SSSR count). The van der Waals surface area contributed by atoms with E-state index >= 15 is 0 Å². The number of hydrogen-bond donors (Lipinski definition) is 2. The normalized spacial score (nSPS) is 26.2. The molecule has 0 saturated carbocycles. The van der Waals surface area contributed by atoms with Crippen molar-refractivity contribution in [2.24, 2.45) is 0 Å². The summed E-state index contributed by atoms with van der Waals surface area (Å²) in [6, 6.07) is 7.05. The third-order valence-electron chi connectivity index (χ3n) is 4.27. The number of amides is 1. The molecule has 2 aliphatic heterocycles. The number of hydrogen-bond acceptors (Lipinski definition) is 3. The maximum absolute atomic E-state index is 12.2. The van der Waals surface area contributed by atoms with Gasteiger partial charge in [-0.25, -0.2) is 4.98 Å². The number of fused-ring (bicyclic) bond motifs is 3. The maximum Gasteiger partial charge on any atom is 0.270 e. The Bertz CT molecular complexity index is 645. The summed E-state index contributed by atoms with van der Waals surface area (Å²) in [5.74, 6) is -0.0666. The van der Waals surface area contributed by atoms with Crippen molar-refractivity contribution in [3.05, 3.63) is 36.4 Å². The van der Waals surface area contributed by atoms with Crippen LogP contribution < -0.4 is 10.6 Å². The van der Waals surface area contributed by atoms with E-state index in [-0.39, 0.29) is 36.8 Å². The first-order chi connectivity index (χ1) is 9.29. The van der Waals surface area contributed by atoms with Crippen molar-refractivity contribution >= 4 is 36.2 Å². The maximum atomic E-state index is 12.2. The minimum absolute atomic E-state index is 0. The van der Waals surface area contributed by atoms with Crippen LogP contribution in [0.25, 0.3) is 5.52 Å². The van der Waals surface area contributed by atoms with Gasteiger partial charge in [0.15, 0.2) is 0 Å². The number of rotatable bonds is 2. The lowest BCUT2D eigenvalue weighted by Gasteiger charge is -2.21. The van der Waals surface area contributed by atoms with E-state index in [2.05, 4.69) is 15.6 Å². The fraction of sp³-hybridized carbons (Fsp3) is 0.429. The van der Waals surface area contributed by atoms with Crippen molar-refractivity contribution in [2.75, 3.05) is 0 Å². The second kappa shape index (κ2) is 6.22. The molecule has 7 heteroatoms. The van der Waals surface area contributed by atoms with E-state index in [1.54, 1.807) is 6.33 Å². The second-order valence-electron chi connectivity index (χ2n) is 5.48. The number of nitrogens with one attached hydrogen (secondary N) is 2. The molecular weight excluding hydrogens is 311 g/mol. The molecule has 3 atom stereocenters. The molecule has 0 unspecified atom stereocenters. The highest BCUT2D eigenvalue weighted by atomic mass is 35.5. The predicted octanol–water partition coefficient (Wildman–Crippen LogP) is 1.80. The summed E-state index contributed by atoms with van der Waals surface area (Å²) in [5, 5.41) is 6.63. The van der Waals surface area contributed by atoms with Gasteiger partial charge in [-0.2, -0.15) is 0 Å². The summed E-state index contributed by atoms with van der Waals surface area (Å²) in [4.78, 5) is 16.4. The highest BCUT2D eigenvalue weighted by Gasteiger charge is 2.39. The van der Waals surface area contributed by atoms with Gasteiger partial charge in [-0.05, 0) is 37.5 Å². The van der Waals surface area contributed by atoms with Crippen LogP contribution >= 0.6 is 24.8 Å². The molecular formula is C14H18Cl2N4O. The minimum Gasteiger partial charge on any atom is -0.346 e. The molecule has 2 aromatic heterocycles. The summed E-state index contributed by atoms with van der Waals surface area (Å²) >= 11 is 0. The molecule has 2 fully saturated rings. The van der Waals surface area contributed by atoms with Gasteiger partial charge in [0.1, 0.15) is 5.69 Å². The number of aromatic nitrogens is 2. The molecule has 0 radical (unpaired) electrons. The van der Waals surface area contributed by atoms with Gasteiger partial charge in [-0.3, -0.25) is 4.79 Å². The van der Waals surface area contributed by atoms with Gasteiger partial charge >= 0.3 is 0 Å². The van der Waals surface area contributed by atoms with Crippen molar-refractivity contribution in [3.63, 3.8) is 0 Å². The third-order valence-corrected chi connectivity index (χ3v) is 4.27. The monoisotopic (exact) mass is 328 g/mol. The van der Waals surface area contributed by atoms with Gasteiger partial charge in [-0.1, -0.05) is 0 Å². The molecule has 5 nitrogen and oxygen atoms in total. The van der Waals surface area contributed by atoms with Crippen LogP contribution in [-0.2, 0) is 0 Å². The molecule has 4 heterocycles. The quantitative estimate of drug-likeness (QED) is 0.883.